The lowest BCUT2D eigenvalue weighted by atomic mass is 10.1. The standard InChI is InChI=1S/C16H14O3/c17-15-10-9-13(11-14(15)16(18)19)8-4-3-7-12-5-1-2-6-12/h1-5,7-11,17H,6H2,(H,18,19)/b7-3+,8-4+. The van der Waals surface area contributed by atoms with Crippen molar-refractivity contribution in [1.29, 1.82) is 0 Å². The molecule has 3 heteroatoms. The van der Waals surface area contributed by atoms with E-state index in [-0.39, 0.29) is 11.3 Å². The van der Waals surface area contributed by atoms with Gasteiger partial charge in [0.15, 0.2) is 0 Å². The minimum Gasteiger partial charge on any atom is -0.507 e. The second-order valence-electron chi connectivity index (χ2n) is 4.17. The largest absolute Gasteiger partial charge is 0.507 e. The van der Waals surface area contributed by atoms with Gasteiger partial charge in [0, 0.05) is 0 Å². The number of carbonyl (C=O) groups is 1. The van der Waals surface area contributed by atoms with E-state index in [2.05, 4.69) is 6.08 Å². The molecule has 1 aliphatic carbocycles. The Morgan fingerprint density at radius 3 is 2.68 bits per heavy atom. The van der Waals surface area contributed by atoms with Gasteiger partial charge in [-0.05, 0) is 29.7 Å². The van der Waals surface area contributed by atoms with Gasteiger partial charge in [-0.3, -0.25) is 0 Å². The first-order valence-corrected chi connectivity index (χ1v) is 5.93. The van der Waals surface area contributed by atoms with Crippen LogP contribution in [0.1, 0.15) is 22.3 Å². The first-order valence-electron chi connectivity index (χ1n) is 5.93. The van der Waals surface area contributed by atoms with Crippen molar-refractivity contribution < 1.29 is 15.0 Å². The van der Waals surface area contributed by atoms with E-state index < -0.39 is 5.97 Å². The van der Waals surface area contributed by atoms with Gasteiger partial charge in [0.25, 0.3) is 0 Å². The molecule has 0 bridgehead atoms. The van der Waals surface area contributed by atoms with Crippen LogP contribution >= 0.6 is 0 Å². The van der Waals surface area contributed by atoms with Crippen LogP contribution in [0.15, 0.2) is 60.2 Å². The number of rotatable bonds is 4. The van der Waals surface area contributed by atoms with Gasteiger partial charge in [0.1, 0.15) is 11.3 Å². The molecule has 2 N–H and O–H groups in total. The van der Waals surface area contributed by atoms with Gasteiger partial charge in [0.2, 0.25) is 0 Å². The third-order valence-corrected chi connectivity index (χ3v) is 2.76. The maximum absolute atomic E-state index is 10.9. The molecular formula is C16H14O3. The number of hydrogen-bond donors (Lipinski definition) is 2. The molecule has 0 aromatic heterocycles. The summed E-state index contributed by atoms with van der Waals surface area (Å²) in [5, 5.41) is 18.3. The van der Waals surface area contributed by atoms with E-state index in [9.17, 15) is 9.90 Å². The number of aromatic carboxylic acids is 1. The first kappa shape index (κ1) is 12.9. The van der Waals surface area contributed by atoms with Crippen LogP contribution in [0.4, 0.5) is 0 Å². The number of benzene rings is 1. The zero-order valence-electron chi connectivity index (χ0n) is 10.3. The maximum Gasteiger partial charge on any atom is 0.339 e. The topological polar surface area (TPSA) is 57.5 Å². The van der Waals surface area contributed by atoms with Crippen molar-refractivity contribution in [3.8, 4) is 5.75 Å². The highest BCUT2D eigenvalue weighted by Gasteiger charge is 2.08. The minimum absolute atomic E-state index is 0.0890. The lowest BCUT2D eigenvalue weighted by molar-refractivity contribution is 0.0693. The highest BCUT2D eigenvalue weighted by molar-refractivity contribution is 5.91. The van der Waals surface area contributed by atoms with Crippen LogP contribution in [0, 0.1) is 0 Å². The van der Waals surface area contributed by atoms with Crippen molar-refractivity contribution in [3.63, 3.8) is 0 Å². The smallest absolute Gasteiger partial charge is 0.339 e. The molecule has 0 saturated heterocycles. The lowest BCUT2D eigenvalue weighted by Gasteiger charge is -2.00. The number of aromatic hydroxyl groups is 1. The molecule has 0 atom stereocenters. The molecule has 3 nitrogen and oxygen atoms in total. The van der Waals surface area contributed by atoms with E-state index in [1.165, 1.54) is 17.7 Å². The number of carboxylic acid groups (broad SMARTS) is 1. The second-order valence-corrected chi connectivity index (χ2v) is 4.17. The normalized spacial score (nSPS) is 14.4. The molecule has 0 saturated carbocycles. The van der Waals surface area contributed by atoms with Crippen molar-refractivity contribution in [1.82, 2.24) is 0 Å². The average molecular weight is 254 g/mol. The van der Waals surface area contributed by atoms with E-state index in [0.29, 0.717) is 0 Å². The molecule has 1 aliphatic rings. The lowest BCUT2D eigenvalue weighted by Crippen LogP contribution is -1.96. The highest BCUT2D eigenvalue weighted by Crippen LogP contribution is 2.19. The summed E-state index contributed by atoms with van der Waals surface area (Å²) >= 11 is 0. The van der Waals surface area contributed by atoms with Gasteiger partial charge in [0.05, 0.1) is 0 Å². The number of allylic oxidation sites excluding steroid dienone is 7. The molecule has 0 unspecified atom stereocenters. The third kappa shape index (κ3) is 3.45. The van der Waals surface area contributed by atoms with Gasteiger partial charge >= 0.3 is 5.97 Å². The fraction of sp³-hybridized carbons (Fsp3) is 0.0625. The van der Waals surface area contributed by atoms with Crippen LogP contribution in [0.2, 0.25) is 0 Å². The van der Waals surface area contributed by atoms with Crippen LogP contribution in [-0.2, 0) is 0 Å². The predicted octanol–water partition coefficient (Wildman–Crippen LogP) is 3.55. The quantitative estimate of drug-likeness (QED) is 0.808. The molecule has 1 aromatic carbocycles. The van der Waals surface area contributed by atoms with E-state index in [0.717, 1.165) is 12.0 Å². The number of carboxylic acids is 1. The van der Waals surface area contributed by atoms with Gasteiger partial charge in [-0.2, -0.15) is 0 Å². The number of hydrogen-bond acceptors (Lipinski definition) is 2. The van der Waals surface area contributed by atoms with E-state index in [1.807, 2.05) is 30.4 Å². The van der Waals surface area contributed by atoms with Gasteiger partial charge in [-0.25, -0.2) is 4.79 Å². The summed E-state index contributed by atoms with van der Waals surface area (Å²) in [4.78, 5) is 10.9. The highest BCUT2D eigenvalue weighted by atomic mass is 16.4. The maximum atomic E-state index is 10.9. The van der Waals surface area contributed by atoms with Crippen LogP contribution < -0.4 is 0 Å². The Morgan fingerprint density at radius 1 is 1.21 bits per heavy atom. The van der Waals surface area contributed by atoms with Crippen LogP contribution in [-0.4, -0.2) is 16.2 Å². The Labute approximate surface area is 111 Å². The van der Waals surface area contributed by atoms with Crippen molar-refractivity contribution in [2.45, 2.75) is 6.42 Å². The summed E-state index contributed by atoms with van der Waals surface area (Å²) in [6.07, 6.45) is 14.7. The summed E-state index contributed by atoms with van der Waals surface area (Å²) in [6, 6.07) is 4.50. The van der Waals surface area contributed by atoms with Crippen LogP contribution in [0.5, 0.6) is 5.75 Å². The van der Waals surface area contributed by atoms with Crippen molar-refractivity contribution in [2.24, 2.45) is 0 Å². The molecule has 0 fully saturated rings. The Hall–Kier alpha value is -2.55. The minimum atomic E-state index is -1.13. The molecule has 2 rings (SSSR count). The zero-order chi connectivity index (χ0) is 13.7. The second kappa shape index (κ2) is 5.87. The zero-order valence-corrected chi connectivity index (χ0v) is 10.3. The Morgan fingerprint density at radius 2 is 2.00 bits per heavy atom. The van der Waals surface area contributed by atoms with Gasteiger partial charge in [-0.15, -0.1) is 0 Å². The van der Waals surface area contributed by atoms with Crippen molar-refractivity contribution >= 4 is 12.0 Å². The molecule has 96 valence electrons. The SMILES string of the molecule is O=C(O)c1cc(/C=C/C=C/C2=CC=CC2)ccc1O. The first-order chi connectivity index (χ1) is 9.16. The van der Waals surface area contributed by atoms with Crippen molar-refractivity contribution in [3.05, 3.63) is 71.4 Å². The van der Waals surface area contributed by atoms with Gasteiger partial charge < -0.3 is 10.2 Å². The fourth-order valence-corrected chi connectivity index (χ4v) is 1.76. The summed E-state index contributed by atoms with van der Waals surface area (Å²) in [5.41, 5.74) is 1.88. The molecule has 0 amide bonds. The predicted molar refractivity (Wildman–Crippen MR) is 75.1 cm³/mol. The Kier molecular flexibility index (Phi) is 3.98. The Bertz CT molecular complexity index is 604. The van der Waals surface area contributed by atoms with Crippen LogP contribution in [0.25, 0.3) is 6.08 Å². The molecule has 19 heavy (non-hydrogen) atoms. The number of phenols is 1. The van der Waals surface area contributed by atoms with E-state index >= 15 is 0 Å². The summed E-state index contributed by atoms with van der Waals surface area (Å²) in [7, 11) is 0. The van der Waals surface area contributed by atoms with Gasteiger partial charge in [-0.1, -0.05) is 48.6 Å². The third-order valence-electron chi connectivity index (χ3n) is 2.76. The monoisotopic (exact) mass is 254 g/mol. The molecule has 0 radical (unpaired) electrons. The Balaban J connectivity index is 2.06. The molecule has 0 aliphatic heterocycles. The molecule has 0 heterocycles. The molecule has 0 spiro atoms. The van der Waals surface area contributed by atoms with Crippen LogP contribution in [0.3, 0.4) is 0 Å². The van der Waals surface area contributed by atoms with E-state index in [1.54, 1.807) is 12.1 Å². The van der Waals surface area contributed by atoms with Crippen molar-refractivity contribution in [2.75, 3.05) is 0 Å². The average Bonchev–Trinajstić information content (AvgIpc) is 2.89. The summed E-state index contributed by atoms with van der Waals surface area (Å²) in [5.74, 6) is -1.35. The summed E-state index contributed by atoms with van der Waals surface area (Å²) in [6.45, 7) is 0. The molecular weight excluding hydrogens is 240 g/mol. The van der Waals surface area contributed by atoms with E-state index in [4.69, 9.17) is 5.11 Å². The summed E-state index contributed by atoms with van der Waals surface area (Å²) < 4.78 is 0. The molecule has 1 aromatic rings. The fourth-order valence-electron chi connectivity index (χ4n) is 1.76.